The van der Waals surface area contributed by atoms with Crippen molar-refractivity contribution in [3.8, 4) is 0 Å². The first kappa shape index (κ1) is 52.6. The molecule has 5 rings (SSSR count). The molecule has 17 heteroatoms. The van der Waals surface area contributed by atoms with Crippen LogP contribution < -0.4 is 4.90 Å². The maximum Gasteiger partial charge on any atom is 0.303 e. The van der Waals surface area contributed by atoms with E-state index in [0.29, 0.717) is 69.7 Å². The monoisotopic (exact) mass is 961 g/mol. The fourth-order valence-electron chi connectivity index (χ4n) is 8.75. The topological polar surface area (TPSA) is 174 Å². The SMILES string of the molecule is CCCCN1C(=CC=C2CCCC(C=CC3=[N+](COCCOCCOCCOCCCCC(=O)O)c4c(C)cc(S(=O)(=O)O)cc4C3(C)C)=C2Cl)C(C)(C)c2cc(SOOO)cc(C)c21. The molecule has 14 nitrogen and oxygen atoms in total. The normalized spacial score (nSPS) is 18.2. The molecule has 2 aliphatic heterocycles. The van der Waals surface area contributed by atoms with Crippen molar-refractivity contribution in [2.45, 2.75) is 120 Å². The maximum atomic E-state index is 12.4. The number of hydrogen-bond donors (Lipinski definition) is 3. The predicted molar refractivity (Wildman–Crippen MR) is 253 cm³/mol. The van der Waals surface area contributed by atoms with Gasteiger partial charge < -0.3 is 29.0 Å². The second kappa shape index (κ2) is 24.1. The van der Waals surface area contributed by atoms with Crippen molar-refractivity contribution < 1.29 is 61.0 Å². The van der Waals surface area contributed by atoms with Crippen LogP contribution in [0.25, 0.3) is 0 Å². The number of allylic oxidation sites excluding steroid dienone is 8. The molecule has 0 saturated heterocycles. The van der Waals surface area contributed by atoms with Gasteiger partial charge in [0.1, 0.15) is 0 Å². The van der Waals surface area contributed by atoms with Crippen molar-refractivity contribution in [1.29, 1.82) is 0 Å². The molecule has 0 amide bonds. The van der Waals surface area contributed by atoms with E-state index in [-0.39, 0.29) is 23.5 Å². The highest BCUT2D eigenvalue weighted by Crippen LogP contribution is 2.51. The van der Waals surface area contributed by atoms with Crippen LogP contribution in [-0.4, -0.2) is 99.1 Å². The third kappa shape index (κ3) is 13.4. The second-order valence-corrected chi connectivity index (χ2v) is 20.1. The molecule has 0 saturated carbocycles. The van der Waals surface area contributed by atoms with Crippen LogP contribution in [0.4, 0.5) is 11.4 Å². The molecular weight excluding hydrogens is 896 g/mol. The zero-order chi connectivity index (χ0) is 47.4. The van der Waals surface area contributed by atoms with Gasteiger partial charge in [-0.3, -0.25) is 9.35 Å². The highest BCUT2D eigenvalue weighted by Gasteiger charge is 2.46. The van der Waals surface area contributed by atoms with Crippen molar-refractivity contribution >= 4 is 56.8 Å². The van der Waals surface area contributed by atoms with Crippen molar-refractivity contribution in [3.05, 3.63) is 92.7 Å². The number of anilines is 1. The minimum absolute atomic E-state index is 0.143. The molecule has 2 aromatic rings. The summed E-state index contributed by atoms with van der Waals surface area (Å²) in [4.78, 5) is 13.7. The van der Waals surface area contributed by atoms with Gasteiger partial charge in [0.15, 0.2) is 5.71 Å². The van der Waals surface area contributed by atoms with Crippen LogP contribution in [0.3, 0.4) is 0 Å². The third-order valence-corrected chi connectivity index (χ3v) is 14.0. The summed E-state index contributed by atoms with van der Waals surface area (Å²) in [6.45, 7) is 18.4. The lowest BCUT2D eigenvalue weighted by Gasteiger charge is -2.27. The minimum Gasteiger partial charge on any atom is -0.481 e. The molecule has 0 unspecified atom stereocenters. The lowest BCUT2D eigenvalue weighted by atomic mass is 9.80. The first-order valence-corrected chi connectivity index (χ1v) is 24.9. The Bertz CT molecular complexity index is 2280. The highest BCUT2D eigenvalue weighted by atomic mass is 35.5. The Kier molecular flexibility index (Phi) is 19.5. The van der Waals surface area contributed by atoms with E-state index in [4.69, 9.17) is 45.2 Å². The van der Waals surface area contributed by atoms with E-state index in [9.17, 15) is 17.8 Å². The number of carboxylic acid groups (broad SMARTS) is 1. The molecule has 0 radical (unpaired) electrons. The van der Waals surface area contributed by atoms with Crippen LogP contribution in [0.15, 0.2) is 80.2 Å². The molecule has 65 heavy (non-hydrogen) atoms. The summed E-state index contributed by atoms with van der Waals surface area (Å²) in [5, 5.41) is 22.1. The van der Waals surface area contributed by atoms with Crippen molar-refractivity contribution in [1.82, 2.24) is 0 Å². The van der Waals surface area contributed by atoms with Gasteiger partial charge in [0, 0.05) is 63.5 Å². The molecule has 3 N–H and O–H groups in total. The van der Waals surface area contributed by atoms with Crippen molar-refractivity contribution in [2.75, 3.05) is 64.4 Å². The fraction of sp³-hybridized carbons (Fsp3) is 0.542. The largest absolute Gasteiger partial charge is 0.481 e. The van der Waals surface area contributed by atoms with Crippen LogP contribution in [0.2, 0.25) is 0 Å². The molecule has 2 heterocycles. The summed E-state index contributed by atoms with van der Waals surface area (Å²) in [5.74, 6) is -0.802. The van der Waals surface area contributed by atoms with Crippen LogP contribution in [0, 0.1) is 13.8 Å². The summed E-state index contributed by atoms with van der Waals surface area (Å²) in [7, 11) is -4.46. The Labute approximate surface area is 393 Å². The molecule has 358 valence electrons. The number of carboxylic acids is 1. The van der Waals surface area contributed by atoms with Crippen molar-refractivity contribution in [3.63, 3.8) is 0 Å². The highest BCUT2D eigenvalue weighted by molar-refractivity contribution is 7.94. The number of benzene rings is 2. The minimum atomic E-state index is -4.46. The van der Waals surface area contributed by atoms with Crippen LogP contribution in [-0.2, 0) is 54.1 Å². The summed E-state index contributed by atoms with van der Waals surface area (Å²) in [5.41, 5.74) is 8.81. The molecule has 0 spiro atoms. The number of carbonyl (C=O) groups is 1. The molecule has 0 fully saturated rings. The van der Waals surface area contributed by atoms with Gasteiger partial charge in [-0.15, -0.1) is 4.33 Å². The molecule has 0 aromatic heterocycles. The molecule has 1 aliphatic carbocycles. The summed E-state index contributed by atoms with van der Waals surface area (Å²) in [6, 6.07) is 7.16. The number of unbranched alkanes of at least 4 members (excludes halogenated alkanes) is 2. The number of ether oxygens (including phenoxy) is 4. The van der Waals surface area contributed by atoms with E-state index in [1.54, 1.807) is 6.07 Å². The number of aliphatic carboxylic acids is 1. The van der Waals surface area contributed by atoms with E-state index < -0.39 is 21.5 Å². The van der Waals surface area contributed by atoms with Crippen LogP contribution >= 0.6 is 23.6 Å². The number of halogens is 1. The van der Waals surface area contributed by atoms with Gasteiger partial charge in [0.05, 0.1) is 62.0 Å². The summed E-state index contributed by atoms with van der Waals surface area (Å²) < 4.78 is 64.6. The summed E-state index contributed by atoms with van der Waals surface area (Å²) >= 11 is 8.24. The van der Waals surface area contributed by atoms with Crippen LogP contribution in [0.1, 0.15) is 108 Å². The molecule has 2 aromatic carbocycles. The maximum absolute atomic E-state index is 12.4. The third-order valence-electron chi connectivity index (χ3n) is 12.1. The molecule has 0 atom stereocenters. The standard InChI is InChI=1S/C48H65ClN2O12S2/c1-8-9-20-50-41(47(4,5)39-30-37(64-63-62-54)28-33(2)45(39)50)18-16-35-13-12-14-36(44(35)49)17-19-42-48(6,7)40-31-38(65(55,56)57)29-34(3)46(40)51(42)32-61-27-26-60-25-24-59-23-22-58-21-11-10-15-43(52)53/h16-19,28-31H,8-15,20-27,32H2,1-7H3,(H2-,52,53,54,55,56,57)/p+1. The van der Waals surface area contributed by atoms with Gasteiger partial charge >= 0.3 is 5.97 Å². The Morgan fingerprint density at radius 1 is 0.862 bits per heavy atom. The van der Waals surface area contributed by atoms with Crippen molar-refractivity contribution in [2.24, 2.45) is 0 Å². The number of hydrogen-bond acceptors (Lipinski definition) is 12. The van der Waals surface area contributed by atoms with Gasteiger partial charge in [-0.1, -0.05) is 56.0 Å². The van der Waals surface area contributed by atoms with E-state index in [1.165, 1.54) is 23.0 Å². The van der Waals surface area contributed by atoms with E-state index in [0.717, 1.165) is 89.3 Å². The van der Waals surface area contributed by atoms with E-state index in [2.05, 4.69) is 72.6 Å². The van der Waals surface area contributed by atoms with E-state index >= 15 is 0 Å². The Hall–Kier alpha value is -3.39. The predicted octanol–water partition coefficient (Wildman–Crippen LogP) is 10.3. The van der Waals surface area contributed by atoms with Gasteiger partial charge in [-0.25, -0.2) is 5.26 Å². The first-order valence-electron chi connectivity index (χ1n) is 22.3. The number of nitrogens with zero attached hydrogens (tertiary/aromatic N) is 2. The second-order valence-electron chi connectivity index (χ2n) is 17.5. The Morgan fingerprint density at radius 2 is 1.54 bits per heavy atom. The number of rotatable bonds is 26. The average Bonchev–Trinajstić information content (AvgIpc) is 3.60. The van der Waals surface area contributed by atoms with Gasteiger partial charge in [-0.05, 0) is 119 Å². The Morgan fingerprint density at radius 3 is 2.18 bits per heavy atom. The first-order chi connectivity index (χ1) is 30.9. The fourth-order valence-corrected chi connectivity index (χ4v) is 10.2. The zero-order valence-corrected chi connectivity index (χ0v) is 41.1. The smallest absolute Gasteiger partial charge is 0.303 e. The molecular formula is C48H66ClN2O12S2+. The molecule has 3 aliphatic rings. The number of fused-ring (bicyclic) bond motifs is 2. The van der Waals surface area contributed by atoms with Crippen LogP contribution in [0.5, 0.6) is 0 Å². The molecule has 0 bridgehead atoms. The lowest BCUT2D eigenvalue weighted by molar-refractivity contribution is -0.489. The van der Waals surface area contributed by atoms with E-state index in [1.807, 2.05) is 26.8 Å². The quantitative estimate of drug-likeness (QED) is 0.0203. The van der Waals surface area contributed by atoms with Gasteiger partial charge in [-0.2, -0.15) is 13.0 Å². The van der Waals surface area contributed by atoms with Gasteiger partial charge in [0.25, 0.3) is 16.8 Å². The van der Waals surface area contributed by atoms with Gasteiger partial charge in [0.2, 0.25) is 5.69 Å². The summed E-state index contributed by atoms with van der Waals surface area (Å²) in [6.07, 6.45) is 14.5. The number of aryl methyl sites for hydroxylation is 2. The average molecular weight is 963 g/mol. The zero-order valence-electron chi connectivity index (χ0n) is 38.7. The lowest BCUT2D eigenvalue weighted by Crippen LogP contribution is -2.28. The Balaban J connectivity index is 1.33.